The number of hydrogen-bond acceptors (Lipinski definition) is 10. The molecule has 14 nitrogen and oxygen atoms in total. The van der Waals surface area contributed by atoms with Crippen LogP contribution >= 0.6 is 0 Å². The monoisotopic (exact) mass is 723 g/mol. The van der Waals surface area contributed by atoms with Crippen molar-refractivity contribution in [3.8, 4) is 5.88 Å². The van der Waals surface area contributed by atoms with Crippen LogP contribution in [0.5, 0.6) is 5.88 Å². The van der Waals surface area contributed by atoms with E-state index in [-0.39, 0.29) is 31.9 Å². The average molecular weight is 724 g/mol. The number of alkyl carbamates (subject to hydrolysis) is 1. The van der Waals surface area contributed by atoms with Gasteiger partial charge in [0.1, 0.15) is 23.7 Å². The maximum absolute atomic E-state index is 14.6. The molecule has 4 heterocycles. The molecule has 2 saturated heterocycles. The van der Waals surface area contributed by atoms with Crippen LogP contribution in [-0.4, -0.2) is 97.5 Å². The molecule has 5 aliphatic rings. The molecule has 15 heteroatoms. The summed E-state index contributed by atoms with van der Waals surface area (Å²) in [4.78, 5) is 61.4. The van der Waals surface area contributed by atoms with Crippen LogP contribution in [0.3, 0.4) is 0 Å². The summed E-state index contributed by atoms with van der Waals surface area (Å²) in [5, 5.41) is 6.74. The van der Waals surface area contributed by atoms with Gasteiger partial charge >= 0.3 is 6.09 Å². The van der Waals surface area contributed by atoms with E-state index in [9.17, 15) is 27.6 Å². The van der Waals surface area contributed by atoms with Crippen LogP contribution in [0.25, 0.3) is 10.8 Å². The van der Waals surface area contributed by atoms with Gasteiger partial charge in [-0.15, -0.1) is 6.58 Å². The predicted molar refractivity (Wildman–Crippen MR) is 185 cm³/mol. The van der Waals surface area contributed by atoms with Gasteiger partial charge in [-0.3, -0.25) is 19.1 Å². The van der Waals surface area contributed by atoms with Crippen molar-refractivity contribution >= 4 is 44.6 Å². The maximum atomic E-state index is 14.6. The van der Waals surface area contributed by atoms with Gasteiger partial charge in [0.15, 0.2) is 0 Å². The first kappa shape index (κ1) is 35.2. The van der Waals surface area contributed by atoms with E-state index in [1.165, 1.54) is 11.0 Å². The SMILES string of the molecule is C=C[C@H]1C[C@]1(NC(=O)[C@@H]1C[C@@H]2CN1C(=O)[C@H](C1CCOCC1)NC(=O)OCCCCCc1ccc3ccnc(c3c1)O2)C(=O)NS(=O)(=O)C1CC1. The van der Waals surface area contributed by atoms with Crippen molar-refractivity contribution in [3.05, 3.63) is 48.7 Å². The van der Waals surface area contributed by atoms with Crippen molar-refractivity contribution in [1.82, 2.24) is 25.2 Å². The molecule has 4 bridgehead atoms. The number of nitrogens with zero attached hydrogens (tertiary/aromatic N) is 2. The number of pyridine rings is 1. The number of rotatable bonds is 7. The molecule has 0 radical (unpaired) electrons. The predicted octanol–water partition coefficient (Wildman–Crippen LogP) is 2.50. The van der Waals surface area contributed by atoms with Gasteiger partial charge < -0.3 is 29.7 Å². The fraction of sp³-hybridized carbons (Fsp3) is 0.583. The smallest absolute Gasteiger partial charge is 0.407 e. The Labute approximate surface area is 297 Å². The molecule has 51 heavy (non-hydrogen) atoms. The highest BCUT2D eigenvalue weighted by molar-refractivity contribution is 7.91. The number of hydrogen-bond donors (Lipinski definition) is 3. The van der Waals surface area contributed by atoms with E-state index < -0.39 is 68.7 Å². The number of cyclic esters (lactones) is 1. The van der Waals surface area contributed by atoms with Crippen molar-refractivity contribution < 1.29 is 41.8 Å². The Hall–Kier alpha value is -4.24. The molecule has 1 aromatic heterocycles. The summed E-state index contributed by atoms with van der Waals surface area (Å²) >= 11 is 0. The highest BCUT2D eigenvalue weighted by atomic mass is 32.2. The van der Waals surface area contributed by atoms with Gasteiger partial charge in [-0.25, -0.2) is 18.2 Å². The molecule has 3 aliphatic heterocycles. The minimum atomic E-state index is -3.88. The molecule has 0 unspecified atom stereocenters. The second kappa shape index (κ2) is 14.4. The first-order chi connectivity index (χ1) is 24.6. The van der Waals surface area contributed by atoms with Crippen LogP contribution in [0, 0.1) is 11.8 Å². The Morgan fingerprint density at radius 1 is 1.06 bits per heavy atom. The van der Waals surface area contributed by atoms with Gasteiger partial charge in [0.25, 0.3) is 5.91 Å². The van der Waals surface area contributed by atoms with Gasteiger partial charge in [0, 0.05) is 37.1 Å². The summed E-state index contributed by atoms with van der Waals surface area (Å²) in [6.45, 7) is 4.82. The molecule has 4 fully saturated rings. The molecule has 3 N–H and O–H groups in total. The number of aryl methyl sites for hydroxylation is 1. The van der Waals surface area contributed by atoms with E-state index in [1.807, 2.05) is 12.1 Å². The quantitative estimate of drug-likeness (QED) is 0.359. The largest absolute Gasteiger partial charge is 0.472 e. The summed E-state index contributed by atoms with van der Waals surface area (Å²) in [5.74, 6) is -2.34. The maximum Gasteiger partial charge on any atom is 0.407 e. The Morgan fingerprint density at radius 2 is 1.86 bits per heavy atom. The molecule has 2 aromatic rings. The molecule has 0 spiro atoms. The second-order valence-corrected chi connectivity index (χ2v) is 16.3. The van der Waals surface area contributed by atoms with Crippen LogP contribution in [-0.2, 0) is 40.3 Å². The van der Waals surface area contributed by atoms with Crippen LogP contribution in [0.15, 0.2) is 43.1 Å². The van der Waals surface area contributed by atoms with E-state index in [2.05, 4.69) is 39.1 Å². The van der Waals surface area contributed by atoms with E-state index in [0.29, 0.717) is 51.2 Å². The van der Waals surface area contributed by atoms with E-state index in [4.69, 9.17) is 14.2 Å². The standard InChI is InChI=1S/C36H45N5O9S/c1-2-25-20-36(25,34(44)40-51(46,47)27-9-10-27)39-31(42)29-19-26-21-41(29)33(43)30(24-12-16-48-17-13-24)38-35(45)49-15-5-3-4-6-22-7-8-23-11-14-37-32(50-26)28(23)18-22/h2,7-8,11,14,18,24-27,29-30H,1,3-6,9-10,12-13,15-17,19-21H2,(H,38,45)(H,39,42)(H,40,44)/t25-,26+,29-,30-,36+/m0/s1. The number of benzene rings is 1. The molecule has 2 saturated carbocycles. The zero-order valence-electron chi connectivity index (χ0n) is 28.5. The van der Waals surface area contributed by atoms with Crippen molar-refractivity contribution in [2.24, 2.45) is 11.8 Å². The lowest BCUT2D eigenvalue weighted by molar-refractivity contribution is -0.142. The third kappa shape index (κ3) is 7.55. The van der Waals surface area contributed by atoms with E-state index in [1.54, 1.807) is 6.20 Å². The second-order valence-electron chi connectivity index (χ2n) is 14.4. The third-order valence-corrected chi connectivity index (χ3v) is 12.6. The normalized spacial score (nSPS) is 29.2. The summed E-state index contributed by atoms with van der Waals surface area (Å²) < 4.78 is 45.1. The molecule has 2 aliphatic carbocycles. The number of aromatic nitrogens is 1. The van der Waals surface area contributed by atoms with Crippen molar-refractivity contribution in [2.75, 3.05) is 26.4 Å². The number of carbonyl (C=O) groups is 4. The lowest BCUT2D eigenvalue weighted by Gasteiger charge is -2.34. The van der Waals surface area contributed by atoms with Crippen molar-refractivity contribution in [2.45, 2.75) is 93.2 Å². The number of sulfonamides is 1. The van der Waals surface area contributed by atoms with Gasteiger partial charge in [0.2, 0.25) is 27.7 Å². The molecule has 7 rings (SSSR count). The molecule has 5 atom stereocenters. The molecule has 1 aromatic carbocycles. The minimum absolute atomic E-state index is 0.00523. The zero-order chi connectivity index (χ0) is 35.8. The van der Waals surface area contributed by atoms with Crippen LogP contribution < -0.4 is 20.1 Å². The van der Waals surface area contributed by atoms with Crippen LogP contribution in [0.1, 0.15) is 63.4 Å². The highest BCUT2D eigenvalue weighted by Gasteiger charge is 2.62. The first-order valence-corrected chi connectivity index (χ1v) is 19.5. The van der Waals surface area contributed by atoms with Crippen LogP contribution in [0.2, 0.25) is 0 Å². The fourth-order valence-electron chi connectivity index (χ4n) is 7.54. The topological polar surface area (TPSA) is 182 Å². The summed E-state index contributed by atoms with van der Waals surface area (Å²) in [6.07, 6.45) is 7.21. The zero-order valence-corrected chi connectivity index (χ0v) is 29.3. The van der Waals surface area contributed by atoms with Gasteiger partial charge in [-0.2, -0.15) is 0 Å². The minimum Gasteiger partial charge on any atom is -0.472 e. The molecular formula is C36H45N5O9S. The number of amides is 4. The van der Waals surface area contributed by atoms with Gasteiger partial charge in [-0.1, -0.05) is 18.2 Å². The van der Waals surface area contributed by atoms with Gasteiger partial charge in [0.05, 0.1) is 18.4 Å². The number of fused-ring (bicyclic) bond motifs is 3. The van der Waals surface area contributed by atoms with Crippen LogP contribution in [0.4, 0.5) is 4.79 Å². The number of carbonyl (C=O) groups excluding carboxylic acids is 4. The molecule has 274 valence electrons. The summed E-state index contributed by atoms with van der Waals surface area (Å²) in [6, 6.07) is 5.92. The third-order valence-electron chi connectivity index (χ3n) is 10.8. The lowest BCUT2D eigenvalue weighted by atomic mass is 9.90. The molecular weight excluding hydrogens is 678 g/mol. The Morgan fingerprint density at radius 3 is 2.61 bits per heavy atom. The summed E-state index contributed by atoms with van der Waals surface area (Å²) in [7, 11) is -3.88. The van der Waals surface area contributed by atoms with E-state index in [0.717, 1.165) is 35.6 Å². The van der Waals surface area contributed by atoms with Gasteiger partial charge in [-0.05, 0) is 86.8 Å². The lowest BCUT2D eigenvalue weighted by Crippen LogP contribution is -2.59. The van der Waals surface area contributed by atoms with Crippen molar-refractivity contribution in [3.63, 3.8) is 0 Å². The Kier molecular flexibility index (Phi) is 9.94. The highest BCUT2D eigenvalue weighted by Crippen LogP contribution is 2.45. The number of ether oxygens (including phenoxy) is 3. The van der Waals surface area contributed by atoms with E-state index >= 15 is 0 Å². The molecule has 4 amide bonds. The average Bonchev–Trinajstić information content (AvgIpc) is 4.05. The summed E-state index contributed by atoms with van der Waals surface area (Å²) in [5.41, 5.74) is -0.426. The van der Waals surface area contributed by atoms with Crippen molar-refractivity contribution in [1.29, 1.82) is 0 Å². The number of nitrogens with one attached hydrogen (secondary N) is 3. The Balaban J connectivity index is 1.20. The first-order valence-electron chi connectivity index (χ1n) is 17.9. The fourth-order valence-corrected chi connectivity index (χ4v) is 8.90. The Bertz CT molecular complexity index is 1810.